The Morgan fingerprint density at radius 1 is 0.508 bits per heavy atom. The third-order valence-electron chi connectivity index (χ3n) is 13.3. The van der Waals surface area contributed by atoms with Crippen molar-refractivity contribution in [2.45, 2.75) is 119 Å². The van der Waals surface area contributed by atoms with E-state index < -0.39 is 0 Å². The average Bonchev–Trinajstić information content (AvgIpc) is 4.15. The standard InChI is InChI=1S/C51H55N5S7/c1-7-12-14-30(10-4)25-33-17-23-40(58-33)35-19-21-37(47-45(35)53-63-55-47)42-27-43-50(60-42)48-51(61-43)49-38(56(48)28-31(11-5)15-13-8-2)26-41(59-49)36-20-18-34(44-46(36)54-62-52-44)39-22-16-32(57-39)24-29(6)9-3/h16-23,26-27,29-31H,7-15,24-25,28H2,1-6H3. The second-order valence-electron chi connectivity index (χ2n) is 17.6. The smallest absolute Gasteiger partial charge is 0.114 e. The van der Waals surface area contributed by atoms with Crippen LogP contribution in [0.3, 0.4) is 0 Å². The third-order valence-corrected chi connectivity index (χ3v) is 20.4. The van der Waals surface area contributed by atoms with Crippen molar-refractivity contribution in [1.82, 2.24) is 22.1 Å². The Bertz CT molecular complexity index is 3160. The van der Waals surface area contributed by atoms with Gasteiger partial charge in [0.1, 0.15) is 22.1 Å². The summed E-state index contributed by atoms with van der Waals surface area (Å²) in [5, 5.41) is 0. The van der Waals surface area contributed by atoms with Crippen molar-refractivity contribution >= 4 is 132 Å². The molecule has 8 aromatic heterocycles. The quantitative estimate of drug-likeness (QED) is 0.0810. The van der Waals surface area contributed by atoms with Crippen LogP contribution in [0.15, 0.2) is 60.7 Å². The van der Waals surface area contributed by atoms with Gasteiger partial charge in [-0.15, -0.1) is 56.7 Å². The van der Waals surface area contributed by atoms with Crippen molar-refractivity contribution in [3.8, 4) is 41.8 Å². The van der Waals surface area contributed by atoms with Crippen molar-refractivity contribution in [1.29, 1.82) is 0 Å². The van der Waals surface area contributed by atoms with Gasteiger partial charge in [0.15, 0.2) is 0 Å². The summed E-state index contributed by atoms with van der Waals surface area (Å²) in [6.07, 6.45) is 13.6. The molecule has 10 aromatic rings. The highest BCUT2D eigenvalue weighted by Crippen LogP contribution is 2.52. The third kappa shape index (κ3) is 8.29. The molecule has 0 saturated heterocycles. The molecular formula is C51H55N5S7. The van der Waals surface area contributed by atoms with E-state index in [4.69, 9.17) is 17.5 Å². The molecule has 0 aliphatic rings. The molecule has 8 heterocycles. The van der Waals surface area contributed by atoms with Crippen LogP contribution in [0.4, 0.5) is 0 Å². The highest BCUT2D eigenvalue weighted by molar-refractivity contribution is 7.36. The maximum absolute atomic E-state index is 4.95. The first-order valence-electron chi connectivity index (χ1n) is 23.1. The second kappa shape index (κ2) is 18.9. The molecule has 0 spiro atoms. The molecule has 0 bridgehead atoms. The molecule has 0 amide bonds. The predicted molar refractivity (Wildman–Crippen MR) is 284 cm³/mol. The lowest BCUT2D eigenvalue weighted by molar-refractivity contribution is 0.401. The van der Waals surface area contributed by atoms with Crippen molar-refractivity contribution in [2.75, 3.05) is 0 Å². The number of rotatable bonds is 19. The van der Waals surface area contributed by atoms with Crippen LogP contribution < -0.4 is 0 Å². The van der Waals surface area contributed by atoms with Crippen molar-refractivity contribution in [3.63, 3.8) is 0 Å². The monoisotopic (exact) mass is 961 g/mol. The number of thiophene rings is 5. The first kappa shape index (κ1) is 43.5. The molecule has 0 saturated carbocycles. The summed E-state index contributed by atoms with van der Waals surface area (Å²) >= 11 is 12.4. The summed E-state index contributed by atoms with van der Waals surface area (Å²) < 4.78 is 28.0. The molecule has 3 atom stereocenters. The highest BCUT2D eigenvalue weighted by Gasteiger charge is 2.26. The molecule has 0 aliphatic carbocycles. The fraction of sp³-hybridized carbons (Fsp3) is 0.412. The second-order valence-corrected chi connectivity index (χ2v) is 24.1. The zero-order valence-corrected chi connectivity index (χ0v) is 42.8. The molecule has 63 heavy (non-hydrogen) atoms. The summed E-state index contributed by atoms with van der Waals surface area (Å²) in [6.45, 7) is 15.0. The van der Waals surface area contributed by atoms with Crippen LogP contribution in [-0.4, -0.2) is 22.1 Å². The number of hydrogen-bond donors (Lipinski definition) is 0. The van der Waals surface area contributed by atoms with Gasteiger partial charge in [0.2, 0.25) is 0 Å². The number of aromatic nitrogens is 5. The van der Waals surface area contributed by atoms with E-state index in [1.807, 2.05) is 56.7 Å². The van der Waals surface area contributed by atoms with Crippen LogP contribution in [0.1, 0.15) is 109 Å². The van der Waals surface area contributed by atoms with Crippen LogP contribution in [0, 0.1) is 17.8 Å². The summed E-state index contributed by atoms with van der Waals surface area (Å²) in [7, 11) is 0. The van der Waals surface area contributed by atoms with E-state index in [0.29, 0.717) is 11.8 Å². The summed E-state index contributed by atoms with van der Waals surface area (Å²) in [5.41, 5.74) is 11.7. The lowest BCUT2D eigenvalue weighted by atomic mass is 9.95. The van der Waals surface area contributed by atoms with E-state index in [-0.39, 0.29) is 0 Å². The van der Waals surface area contributed by atoms with Gasteiger partial charge in [-0.05, 0) is 73.4 Å². The molecule has 10 rings (SSSR count). The Labute approximate surface area is 399 Å². The molecule has 0 aliphatic heterocycles. The fourth-order valence-electron chi connectivity index (χ4n) is 9.28. The fourth-order valence-corrected chi connectivity index (χ4v) is 16.8. The van der Waals surface area contributed by atoms with Crippen molar-refractivity contribution < 1.29 is 0 Å². The van der Waals surface area contributed by atoms with E-state index in [0.717, 1.165) is 41.0 Å². The molecule has 0 N–H and O–H groups in total. The normalized spacial score (nSPS) is 13.8. The Morgan fingerprint density at radius 3 is 1.59 bits per heavy atom. The lowest BCUT2D eigenvalue weighted by Crippen LogP contribution is -2.09. The Balaban J connectivity index is 1.02. The van der Waals surface area contributed by atoms with E-state index in [1.54, 1.807) is 0 Å². The van der Waals surface area contributed by atoms with E-state index in [2.05, 4.69) is 107 Å². The maximum Gasteiger partial charge on any atom is 0.114 e. The minimum atomic E-state index is 0.626. The van der Waals surface area contributed by atoms with Gasteiger partial charge in [-0.2, -0.15) is 17.5 Å². The van der Waals surface area contributed by atoms with E-state index in [1.165, 1.54) is 169 Å². The number of nitrogens with zero attached hydrogens (tertiary/aromatic N) is 5. The van der Waals surface area contributed by atoms with Gasteiger partial charge in [0, 0.05) is 62.8 Å². The molecule has 3 unspecified atom stereocenters. The van der Waals surface area contributed by atoms with Gasteiger partial charge in [-0.3, -0.25) is 0 Å². The molecular weight excluding hydrogens is 907 g/mol. The molecule has 326 valence electrons. The topological polar surface area (TPSA) is 56.5 Å². The van der Waals surface area contributed by atoms with E-state index >= 15 is 0 Å². The highest BCUT2D eigenvalue weighted by atomic mass is 32.1. The van der Waals surface area contributed by atoms with Crippen LogP contribution >= 0.6 is 80.1 Å². The first-order chi connectivity index (χ1) is 30.9. The summed E-state index contributed by atoms with van der Waals surface area (Å²) in [4.78, 5) is 8.08. The van der Waals surface area contributed by atoms with Crippen LogP contribution in [0.2, 0.25) is 0 Å². The summed E-state index contributed by atoms with van der Waals surface area (Å²) in [5.74, 6) is 2.08. The molecule has 2 aromatic carbocycles. The predicted octanol–water partition coefficient (Wildman–Crippen LogP) is 18.5. The van der Waals surface area contributed by atoms with E-state index in [9.17, 15) is 0 Å². The molecule has 0 radical (unpaired) electrons. The van der Waals surface area contributed by atoms with Crippen molar-refractivity contribution in [3.05, 3.63) is 70.4 Å². The van der Waals surface area contributed by atoms with Gasteiger partial charge >= 0.3 is 0 Å². The zero-order valence-electron chi connectivity index (χ0n) is 37.1. The Kier molecular flexibility index (Phi) is 13.0. The Hall–Kier alpha value is -3.36. The number of hydrogen-bond acceptors (Lipinski definition) is 11. The minimum Gasteiger partial charge on any atom is -0.338 e. The summed E-state index contributed by atoms with van der Waals surface area (Å²) in [6, 6.07) is 23.4. The molecule has 12 heteroatoms. The number of fused-ring (bicyclic) bond motifs is 7. The maximum atomic E-state index is 4.95. The van der Waals surface area contributed by atoms with Gasteiger partial charge in [-0.1, -0.05) is 117 Å². The van der Waals surface area contributed by atoms with Crippen LogP contribution in [-0.2, 0) is 19.4 Å². The first-order valence-corrected chi connectivity index (χ1v) is 28.6. The van der Waals surface area contributed by atoms with Gasteiger partial charge < -0.3 is 4.57 Å². The number of benzene rings is 2. The SMILES string of the molecule is CCCCC(CC)Cc1ccc(-c2ccc(-c3cc4sc5c6sc(-c7ccc(-c8ccc(CC(C)CC)s8)c8nsnc78)cc6n(CC(CC)CCCC)c5c4s3)c3nsnc23)s1. The number of unbranched alkanes of at least 4 members (excludes halogenated alkanes) is 2. The van der Waals surface area contributed by atoms with Crippen LogP contribution in [0.5, 0.6) is 0 Å². The zero-order chi connectivity index (χ0) is 43.2. The molecule has 0 fully saturated rings. The van der Waals surface area contributed by atoms with Crippen molar-refractivity contribution in [2.24, 2.45) is 17.8 Å². The average molecular weight is 963 g/mol. The Morgan fingerprint density at radius 2 is 1.03 bits per heavy atom. The van der Waals surface area contributed by atoms with Gasteiger partial charge in [0.05, 0.1) is 48.6 Å². The lowest BCUT2D eigenvalue weighted by Gasteiger charge is -2.17. The largest absolute Gasteiger partial charge is 0.338 e. The minimum absolute atomic E-state index is 0.626. The van der Waals surface area contributed by atoms with Crippen LogP contribution in [0.25, 0.3) is 93.7 Å². The van der Waals surface area contributed by atoms with Gasteiger partial charge in [-0.25, -0.2) is 0 Å². The van der Waals surface area contributed by atoms with Gasteiger partial charge in [0.25, 0.3) is 0 Å². The molecule has 5 nitrogen and oxygen atoms in total.